The average molecular weight is 301 g/mol. The van der Waals surface area contributed by atoms with Crippen LogP contribution in [0.3, 0.4) is 0 Å². The number of rotatable bonds is 3. The van der Waals surface area contributed by atoms with Crippen LogP contribution in [0, 0.1) is 0 Å². The van der Waals surface area contributed by atoms with E-state index in [1.165, 1.54) is 6.07 Å². The minimum Gasteiger partial charge on any atom is -0.386 e. The number of hydrogen-bond acceptors (Lipinski definition) is 2. The first-order valence-electron chi connectivity index (χ1n) is 7.30. The molecule has 0 spiro atoms. The summed E-state index contributed by atoms with van der Waals surface area (Å²) in [4.78, 5) is 1.97. The Labute approximate surface area is 123 Å². The lowest BCUT2D eigenvalue weighted by Crippen LogP contribution is -2.50. The second-order valence-corrected chi connectivity index (χ2v) is 6.08. The zero-order valence-corrected chi connectivity index (χ0v) is 12.5. The van der Waals surface area contributed by atoms with Crippen molar-refractivity contribution in [3.63, 3.8) is 0 Å². The van der Waals surface area contributed by atoms with E-state index in [0.29, 0.717) is 5.56 Å². The number of hydrogen-bond donors (Lipinski definition) is 1. The van der Waals surface area contributed by atoms with Crippen molar-refractivity contribution in [2.45, 2.75) is 49.9 Å². The van der Waals surface area contributed by atoms with Crippen LogP contribution in [-0.4, -0.2) is 29.6 Å². The average Bonchev–Trinajstić information content (AvgIpc) is 2.46. The van der Waals surface area contributed by atoms with Crippen LogP contribution in [0.4, 0.5) is 13.2 Å². The maximum absolute atomic E-state index is 12.8. The van der Waals surface area contributed by atoms with E-state index in [-0.39, 0.29) is 0 Å². The minimum absolute atomic E-state index is 0.348. The molecule has 1 aliphatic rings. The van der Waals surface area contributed by atoms with E-state index in [0.717, 1.165) is 44.2 Å². The lowest BCUT2D eigenvalue weighted by molar-refractivity contribution is -0.137. The Morgan fingerprint density at radius 3 is 2.29 bits per heavy atom. The first kappa shape index (κ1) is 16.3. The van der Waals surface area contributed by atoms with Gasteiger partial charge in [-0.15, -0.1) is 0 Å². The van der Waals surface area contributed by atoms with Crippen LogP contribution in [0.2, 0.25) is 0 Å². The van der Waals surface area contributed by atoms with E-state index < -0.39 is 23.4 Å². The summed E-state index contributed by atoms with van der Waals surface area (Å²) in [6.07, 6.45) is -0.578. The minimum atomic E-state index is -4.38. The van der Waals surface area contributed by atoms with Gasteiger partial charge in [-0.1, -0.05) is 31.4 Å². The molecule has 1 aliphatic carbocycles. The molecule has 1 aromatic carbocycles. The van der Waals surface area contributed by atoms with Crippen molar-refractivity contribution in [1.82, 2.24) is 4.90 Å². The lowest BCUT2D eigenvalue weighted by Gasteiger charge is -2.46. The summed E-state index contributed by atoms with van der Waals surface area (Å²) in [6.45, 7) is 0. The molecule has 0 radical (unpaired) electrons. The number of nitrogens with zero attached hydrogens (tertiary/aromatic N) is 1. The van der Waals surface area contributed by atoms with Gasteiger partial charge in [0, 0.05) is 0 Å². The molecule has 1 fully saturated rings. The number of alkyl halides is 3. The zero-order chi connectivity index (χ0) is 15.7. The monoisotopic (exact) mass is 301 g/mol. The molecule has 0 amide bonds. The predicted molar refractivity (Wildman–Crippen MR) is 75.9 cm³/mol. The molecule has 0 heterocycles. The molecule has 1 unspecified atom stereocenters. The van der Waals surface area contributed by atoms with Gasteiger partial charge < -0.3 is 10.0 Å². The van der Waals surface area contributed by atoms with Crippen LogP contribution in [-0.2, 0) is 6.18 Å². The van der Waals surface area contributed by atoms with Gasteiger partial charge in [-0.05, 0) is 44.6 Å². The van der Waals surface area contributed by atoms with E-state index in [2.05, 4.69) is 0 Å². The Hall–Kier alpha value is -1.07. The quantitative estimate of drug-likeness (QED) is 0.912. The van der Waals surface area contributed by atoms with Gasteiger partial charge >= 0.3 is 6.18 Å². The number of aliphatic hydroxyl groups excluding tert-OH is 1. The van der Waals surface area contributed by atoms with E-state index in [1.807, 2.05) is 19.0 Å². The molecule has 0 aromatic heterocycles. The van der Waals surface area contributed by atoms with Gasteiger partial charge in [0.2, 0.25) is 0 Å². The van der Waals surface area contributed by atoms with Crippen molar-refractivity contribution >= 4 is 0 Å². The molecule has 1 atom stereocenters. The third-order valence-electron chi connectivity index (χ3n) is 4.65. The van der Waals surface area contributed by atoms with E-state index in [1.54, 1.807) is 6.07 Å². The second-order valence-electron chi connectivity index (χ2n) is 6.08. The van der Waals surface area contributed by atoms with Gasteiger partial charge in [-0.2, -0.15) is 13.2 Å². The summed E-state index contributed by atoms with van der Waals surface area (Å²) in [5, 5.41) is 10.7. The Morgan fingerprint density at radius 2 is 1.76 bits per heavy atom. The van der Waals surface area contributed by atoms with Crippen LogP contribution in [0.15, 0.2) is 24.3 Å². The molecule has 1 aromatic rings. The van der Waals surface area contributed by atoms with Crippen LogP contribution in [0.1, 0.15) is 49.3 Å². The van der Waals surface area contributed by atoms with Crippen molar-refractivity contribution in [3.8, 4) is 0 Å². The number of likely N-dealkylation sites (N-methyl/N-ethyl adjacent to an activating group) is 1. The summed E-state index contributed by atoms with van der Waals surface area (Å²) >= 11 is 0. The Kier molecular flexibility index (Phi) is 4.63. The highest BCUT2D eigenvalue weighted by Crippen LogP contribution is 2.42. The highest BCUT2D eigenvalue weighted by Gasteiger charge is 2.42. The van der Waals surface area contributed by atoms with Crippen molar-refractivity contribution in [2.24, 2.45) is 0 Å². The fraction of sp³-hybridized carbons (Fsp3) is 0.625. The molecule has 0 saturated heterocycles. The first-order chi connectivity index (χ1) is 9.77. The summed E-state index contributed by atoms with van der Waals surface area (Å²) in [6, 6.07) is 5.07. The van der Waals surface area contributed by atoms with Gasteiger partial charge in [0.05, 0.1) is 17.2 Å². The van der Waals surface area contributed by atoms with Gasteiger partial charge in [0.15, 0.2) is 0 Å². The van der Waals surface area contributed by atoms with Gasteiger partial charge in [-0.25, -0.2) is 0 Å². The molecule has 1 saturated carbocycles. The predicted octanol–water partition coefficient (Wildman–Crippen LogP) is 4.00. The molecular formula is C16H22F3NO. The Balaban J connectivity index is 2.35. The summed E-state index contributed by atoms with van der Waals surface area (Å²) in [5.41, 5.74) is -0.827. The molecule has 0 bridgehead atoms. The number of aliphatic hydroxyl groups is 1. The zero-order valence-electron chi connectivity index (χ0n) is 12.5. The van der Waals surface area contributed by atoms with Crippen molar-refractivity contribution in [3.05, 3.63) is 35.4 Å². The van der Waals surface area contributed by atoms with E-state index >= 15 is 0 Å². The van der Waals surface area contributed by atoms with Crippen LogP contribution >= 0.6 is 0 Å². The van der Waals surface area contributed by atoms with Crippen molar-refractivity contribution < 1.29 is 18.3 Å². The topological polar surface area (TPSA) is 23.5 Å². The van der Waals surface area contributed by atoms with Gasteiger partial charge in [0.1, 0.15) is 0 Å². The molecule has 118 valence electrons. The summed E-state index contributed by atoms with van der Waals surface area (Å²) in [5.74, 6) is 0. The smallest absolute Gasteiger partial charge is 0.386 e. The molecule has 2 rings (SSSR count). The molecule has 5 heteroatoms. The second kappa shape index (κ2) is 5.97. The van der Waals surface area contributed by atoms with Gasteiger partial charge in [-0.3, -0.25) is 0 Å². The first-order valence-corrected chi connectivity index (χ1v) is 7.30. The number of benzene rings is 1. The Bertz CT molecular complexity index is 479. The fourth-order valence-electron chi connectivity index (χ4n) is 3.32. The van der Waals surface area contributed by atoms with Crippen LogP contribution in [0.25, 0.3) is 0 Å². The third-order valence-corrected chi connectivity index (χ3v) is 4.65. The maximum atomic E-state index is 12.8. The number of halogens is 3. The normalized spacial score (nSPS) is 20.5. The standard InChI is InChI=1S/C16H22F3NO/c1-20(2)15(9-4-3-5-10-15)14(21)12-7-6-8-13(11-12)16(17,18)19/h6-8,11,14,21H,3-5,9-10H2,1-2H3. The molecule has 2 nitrogen and oxygen atoms in total. The summed E-state index contributed by atoms with van der Waals surface area (Å²) in [7, 11) is 3.78. The highest BCUT2D eigenvalue weighted by molar-refractivity contribution is 5.29. The van der Waals surface area contributed by atoms with Crippen molar-refractivity contribution in [2.75, 3.05) is 14.1 Å². The molecule has 21 heavy (non-hydrogen) atoms. The molecular weight excluding hydrogens is 279 g/mol. The highest BCUT2D eigenvalue weighted by atomic mass is 19.4. The van der Waals surface area contributed by atoms with Gasteiger partial charge in [0.25, 0.3) is 0 Å². The Morgan fingerprint density at radius 1 is 1.14 bits per heavy atom. The lowest BCUT2D eigenvalue weighted by atomic mass is 9.74. The summed E-state index contributed by atoms with van der Waals surface area (Å²) < 4.78 is 38.5. The van der Waals surface area contributed by atoms with Crippen LogP contribution in [0.5, 0.6) is 0 Å². The SMILES string of the molecule is CN(C)C1(C(O)c2cccc(C(F)(F)F)c2)CCCCC1. The van der Waals surface area contributed by atoms with Crippen molar-refractivity contribution in [1.29, 1.82) is 0 Å². The third kappa shape index (κ3) is 3.24. The fourth-order valence-corrected chi connectivity index (χ4v) is 3.32. The maximum Gasteiger partial charge on any atom is 0.416 e. The van der Waals surface area contributed by atoms with E-state index in [4.69, 9.17) is 0 Å². The van der Waals surface area contributed by atoms with Crippen LogP contribution < -0.4 is 0 Å². The molecule has 0 aliphatic heterocycles. The molecule has 1 N–H and O–H groups in total. The van der Waals surface area contributed by atoms with E-state index in [9.17, 15) is 18.3 Å². The largest absolute Gasteiger partial charge is 0.416 e.